The third kappa shape index (κ3) is 5.63. The van der Waals surface area contributed by atoms with Crippen LogP contribution in [0.3, 0.4) is 0 Å². The number of benzodiazepines with no additional fused rings is 1. The summed E-state index contributed by atoms with van der Waals surface area (Å²) in [6.45, 7) is 2.46. The van der Waals surface area contributed by atoms with Crippen LogP contribution in [-0.4, -0.2) is 24.8 Å². The molecule has 1 unspecified atom stereocenters. The molecule has 1 aliphatic heterocycles. The second-order valence-corrected chi connectivity index (χ2v) is 10.5. The van der Waals surface area contributed by atoms with Crippen molar-refractivity contribution in [1.82, 2.24) is 0 Å². The van der Waals surface area contributed by atoms with E-state index in [1.807, 2.05) is 71.6 Å². The lowest BCUT2D eigenvalue weighted by Gasteiger charge is -2.26. The quantitative estimate of drug-likeness (QED) is 0.241. The summed E-state index contributed by atoms with van der Waals surface area (Å²) in [5.41, 5.74) is 6.54. The molecule has 4 aromatic rings. The van der Waals surface area contributed by atoms with Crippen molar-refractivity contribution in [1.29, 1.82) is 0 Å². The van der Waals surface area contributed by atoms with E-state index in [0.717, 1.165) is 49.4 Å². The number of aliphatic imine (C=N–C) groups is 1. The van der Waals surface area contributed by atoms with Crippen LogP contribution in [0.2, 0.25) is 5.02 Å². The maximum absolute atomic E-state index is 14.2. The van der Waals surface area contributed by atoms with Gasteiger partial charge in [-0.2, -0.15) is 0 Å². The zero-order chi connectivity index (χ0) is 25.9. The van der Waals surface area contributed by atoms with Crippen LogP contribution in [-0.2, 0) is 17.8 Å². The first kappa shape index (κ1) is 25.2. The molecule has 0 saturated carbocycles. The van der Waals surface area contributed by atoms with Crippen LogP contribution < -0.4 is 9.64 Å². The molecule has 0 aliphatic carbocycles. The summed E-state index contributed by atoms with van der Waals surface area (Å²) in [6.07, 6.45) is 0.481. The average molecular weight is 574 g/mol. The molecule has 1 heterocycles. The predicted octanol–water partition coefficient (Wildman–Crippen LogP) is 7.42. The highest BCUT2D eigenvalue weighted by Gasteiger charge is 2.32. The molecule has 0 spiro atoms. The number of fused-ring (bicyclic) bond motifs is 1. The molecular weight excluding hydrogens is 548 g/mol. The van der Waals surface area contributed by atoms with E-state index in [4.69, 9.17) is 21.3 Å². The molecule has 37 heavy (non-hydrogen) atoms. The molecule has 1 amide bonds. The van der Waals surface area contributed by atoms with Crippen molar-refractivity contribution in [2.45, 2.75) is 25.9 Å². The van der Waals surface area contributed by atoms with Crippen LogP contribution in [0.5, 0.6) is 5.75 Å². The van der Waals surface area contributed by atoms with E-state index < -0.39 is 6.04 Å². The van der Waals surface area contributed by atoms with Gasteiger partial charge in [-0.25, -0.2) is 0 Å². The summed E-state index contributed by atoms with van der Waals surface area (Å²) in [7, 11) is 1.64. The van der Waals surface area contributed by atoms with Crippen LogP contribution in [0.15, 0.2) is 100 Å². The predicted molar refractivity (Wildman–Crippen MR) is 154 cm³/mol. The summed E-state index contributed by atoms with van der Waals surface area (Å²) in [4.78, 5) is 21.1. The molecule has 1 aliphatic rings. The number of benzene rings is 4. The van der Waals surface area contributed by atoms with Gasteiger partial charge in [-0.15, -0.1) is 0 Å². The van der Waals surface area contributed by atoms with Gasteiger partial charge in [0.2, 0.25) is 0 Å². The van der Waals surface area contributed by atoms with Crippen LogP contribution in [0, 0.1) is 6.92 Å². The molecule has 6 heteroatoms. The summed E-state index contributed by atoms with van der Waals surface area (Å²) in [5.74, 6) is 0.720. The lowest BCUT2D eigenvalue weighted by atomic mass is 9.99. The first-order valence-electron chi connectivity index (χ1n) is 12.0. The number of nitrogens with zero attached hydrogens (tertiary/aromatic N) is 2. The maximum Gasteiger partial charge on any atom is 0.252 e. The molecule has 0 N–H and O–H groups in total. The summed E-state index contributed by atoms with van der Waals surface area (Å²) in [6, 6.07) is 29.1. The number of carbonyl (C=O) groups is 1. The fourth-order valence-corrected chi connectivity index (χ4v) is 5.17. The van der Waals surface area contributed by atoms with Crippen molar-refractivity contribution in [2.75, 3.05) is 12.0 Å². The monoisotopic (exact) mass is 572 g/mol. The van der Waals surface area contributed by atoms with Crippen molar-refractivity contribution in [3.8, 4) is 5.75 Å². The molecule has 186 valence electrons. The Bertz CT molecular complexity index is 1470. The molecule has 4 aromatic carbocycles. The average Bonchev–Trinajstić information content (AvgIpc) is 3.00. The van der Waals surface area contributed by atoms with E-state index in [-0.39, 0.29) is 5.91 Å². The van der Waals surface area contributed by atoms with Gasteiger partial charge in [0.05, 0.1) is 25.1 Å². The summed E-state index contributed by atoms with van der Waals surface area (Å²) in [5, 5.41) is 0.598. The first-order chi connectivity index (χ1) is 17.9. The molecule has 0 saturated heterocycles. The maximum atomic E-state index is 14.2. The van der Waals surface area contributed by atoms with Crippen molar-refractivity contribution < 1.29 is 9.53 Å². The smallest absolute Gasteiger partial charge is 0.252 e. The highest BCUT2D eigenvalue weighted by atomic mass is 79.9. The Labute approximate surface area is 230 Å². The van der Waals surface area contributed by atoms with Crippen molar-refractivity contribution in [3.63, 3.8) is 0 Å². The minimum absolute atomic E-state index is 0.0542. The lowest BCUT2D eigenvalue weighted by Crippen LogP contribution is -2.38. The number of carbonyl (C=O) groups excluding carboxylic acids is 1. The molecule has 0 aromatic heterocycles. The Balaban J connectivity index is 1.65. The number of hydrogen-bond acceptors (Lipinski definition) is 3. The van der Waals surface area contributed by atoms with Gasteiger partial charge in [-0.1, -0.05) is 81.6 Å². The Morgan fingerprint density at radius 2 is 1.70 bits per heavy atom. The molecule has 1 atom stereocenters. The number of rotatable bonds is 6. The lowest BCUT2D eigenvalue weighted by molar-refractivity contribution is -0.119. The Morgan fingerprint density at radius 3 is 2.41 bits per heavy atom. The van der Waals surface area contributed by atoms with Gasteiger partial charge in [0.25, 0.3) is 5.91 Å². The fraction of sp³-hybridized carbons (Fsp3) is 0.161. The highest BCUT2D eigenvalue weighted by Crippen LogP contribution is 2.33. The van der Waals surface area contributed by atoms with Gasteiger partial charge in [-0.3, -0.25) is 9.79 Å². The molecule has 0 bridgehead atoms. The van der Waals surface area contributed by atoms with Gasteiger partial charge >= 0.3 is 0 Å². The third-order valence-electron chi connectivity index (χ3n) is 6.48. The summed E-state index contributed by atoms with van der Waals surface area (Å²) >= 11 is 10.0. The first-order valence-corrected chi connectivity index (χ1v) is 13.2. The second kappa shape index (κ2) is 10.9. The van der Waals surface area contributed by atoms with Crippen LogP contribution in [0.1, 0.15) is 27.8 Å². The number of hydrogen-bond donors (Lipinski definition) is 0. The normalized spacial score (nSPS) is 15.1. The van der Waals surface area contributed by atoms with Crippen molar-refractivity contribution in [2.24, 2.45) is 4.99 Å². The molecule has 0 fully saturated rings. The minimum Gasteiger partial charge on any atom is -0.497 e. The van der Waals surface area contributed by atoms with Crippen molar-refractivity contribution in [3.05, 3.63) is 128 Å². The highest BCUT2D eigenvalue weighted by molar-refractivity contribution is 9.10. The van der Waals surface area contributed by atoms with Crippen molar-refractivity contribution >= 4 is 44.8 Å². The van der Waals surface area contributed by atoms with E-state index in [0.29, 0.717) is 18.0 Å². The zero-order valence-electron chi connectivity index (χ0n) is 20.6. The molecule has 0 radical (unpaired) electrons. The standard InChI is InChI=1S/C31H26BrClN2O2/c1-20-6-10-23(11-7-20)30-27-18-25(33)12-15-29(27)35(19-21-8-13-26(37-2)14-9-21)31(36)28(34-30)17-22-4-3-5-24(32)16-22/h3-16,18,28H,17,19H2,1-2H3. The zero-order valence-corrected chi connectivity index (χ0v) is 23.0. The number of ether oxygens (including phenoxy) is 1. The van der Waals surface area contributed by atoms with E-state index >= 15 is 0 Å². The van der Waals surface area contributed by atoms with Gasteiger partial charge in [0.15, 0.2) is 0 Å². The van der Waals surface area contributed by atoms with E-state index in [1.54, 1.807) is 7.11 Å². The topological polar surface area (TPSA) is 41.9 Å². The van der Waals surface area contributed by atoms with Gasteiger partial charge in [0, 0.05) is 27.0 Å². The van der Waals surface area contributed by atoms with Crippen LogP contribution in [0.25, 0.3) is 0 Å². The number of amides is 1. The Hall–Kier alpha value is -3.41. The summed E-state index contributed by atoms with van der Waals surface area (Å²) < 4.78 is 6.29. The van der Waals surface area contributed by atoms with Gasteiger partial charge in [0.1, 0.15) is 11.8 Å². The van der Waals surface area contributed by atoms with Crippen LogP contribution >= 0.6 is 27.5 Å². The Morgan fingerprint density at radius 1 is 0.946 bits per heavy atom. The van der Waals surface area contributed by atoms with Gasteiger partial charge in [-0.05, 0) is 60.5 Å². The fourth-order valence-electron chi connectivity index (χ4n) is 4.55. The van der Waals surface area contributed by atoms with E-state index in [2.05, 4.69) is 47.1 Å². The third-order valence-corrected chi connectivity index (χ3v) is 7.21. The number of methoxy groups -OCH3 is 1. The SMILES string of the molecule is COc1ccc(CN2C(=O)C(Cc3cccc(Br)c3)N=C(c3ccc(C)cc3)c3cc(Cl)ccc32)cc1. The van der Waals surface area contributed by atoms with E-state index in [1.165, 1.54) is 0 Å². The number of halogens is 2. The van der Waals surface area contributed by atoms with E-state index in [9.17, 15) is 4.79 Å². The number of anilines is 1. The van der Waals surface area contributed by atoms with Gasteiger partial charge < -0.3 is 9.64 Å². The minimum atomic E-state index is -0.602. The Kier molecular flexibility index (Phi) is 7.45. The second-order valence-electron chi connectivity index (χ2n) is 9.13. The number of aryl methyl sites for hydroxylation is 1. The largest absolute Gasteiger partial charge is 0.497 e. The molecular formula is C31H26BrClN2O2. The molecule has 4 nitrogen and oxygen atoms in total. The van der Waals surface area contributed by atoms with Crippen LogP contribution in [0.4, 0.5) is 5.69 Å². The molecule has 5 rings (SSSR count).